The minimum atomic E-state index is -1.46. The molecule has 0 aliphatic carbocycles. The number of hydrogen-bond donors (Lipinski definition) is 1. The fraction of sp³-hybridized carbons (Fsp3) is 0.333. The third-order valence-electron chi connectivity index (χ3n) is 4.62. The normalized spacial score (nSPS) is 27.1. The average molecular weight is 312 g/mol. The Morgan fingerprint density at radius 3 is 2.57 bits per heavy atom. The van der Waals surface area contributed by atoms with Crippen LogP contribution in [0.25, 0.3) is 0 Å². The average Bonchev–Trinajstić information content (AvgIpc) is 2.73. The van der Waals surface area contributed by atoms with Crippen molar-refractivity contribution in [3.05, 3.63) is 66.0 Å². The van der Waals surface area contributed by atoms with Crippen molar-refractivity contribution in [3.63, 3.8) is 0 Å². The lowest BCUT2D eigenvalue weighted by atomic mass is 9.86. The van der Waals surface area contributed by atoms with E-state index in [-0.39, 0.29) is 0 Å². The number of hydrogen-bond acceptors (Lipinski definition) is 4. The van der Waals surface area contributed by atoms with E-state index in [4.69, 9.17) is 4.74 Å². The predicted octanol–water partition coefficient (Wildman–Crippen LogP) is 2.70. The quantitative estimate of drug-likeness (QED) is 0.943. The van der Waals surface area contributed by atoms with Gasteiger partial charge in [-0.2, -0.15) is 0 Å². The monoisotopic (exact) mass is 312 g/mol. The van der Waals surface area contributed by atoms with E-state index >= 15 is 0 Å². The van der Waals surface area contributed by atoms with Crippen molar-refractivity contribution in [3.8, 4) is 0 Å². The molecule has 5 heteroatoms. The van der Waals surface area contributed by atoms with Gasteiger partial charge in [0, 0.05) is 24.5 Å². The number of rotatable bonds is 4. The molecule has 5 nitrogen and oxygen atoms in total. The first-order chi connectivity index (χ1) is 10.9. The van der Waals surface area contributed by atoms with Gasteiger partial charge in [0.1, 0.15) is 0 Å². The van der Waals surface area contributed by atoms with Crippen LogP contribution in [-0.4, -0.2) is 33.4 Å². The van der Waals surface area contributed by atoms with Crippen molar-refractivity contribution in [1.82, 2.24) is 9.88 Å². The molecule has 0 saturated carbocycles. The van der Waals surface area contributed by atoms with Gasteiger partial charge < -0.3 is 9.84 Å². The van der Waals surface area contributed by atoms with E-state index in [1.54, 1.807) is 38.4 Å². The first-order valence-electron chi connectivity index (χ1n) is 7.62. The number of aliphatic hydroxyl groups is 1. The van der Waals surface area contributed by atoms with Gasteiger partial charge in [-0.25, -0.2) is 4.79 Å². The van der Waals surface area contributed by atoms with Crippen molar-refractivity contribution in [1.29, 1.82) is 0 Å². The molecular formula is C18H20N2O3. The lowest BCUT2D eigenvalue weighted by molar-refractivity contribution is -0.140. The molecule has 1 aromatic carbocycles. The molecule has 1 N–H and O–H groups in total. The first-order valence-corrected chi connectivity index (χ1v) is 7.62. The minimum Gasteiger partial charge on any atom is -0.433 e. The molecule has 0 spiro atoms. The molecule has 2 heterocycles. The van der Waals surface area contributed by atoms with Gasteiger partial charge in [-0.15, -0.1) is 0 Å². The Labute approximate surface area is 135 Å². The summed E-state index contributed by atoms with van der Waals surface area (Å²) >= 11 is 0. The summed E-state index contributed by atoms with van der Waals surface area (Å²) in [5.74, 6) is 0. The van der Waals surface area contributed by atoms with E-state index < -0.39 is 17.4 Å². The molecule has 0 unspecified atom stereocenters. The number of nitrogens with zero attached hydrogens (tertiary/aromatic N) is 2. The summed E-state index contributed by atoms with van der Waals surface area (Å²) in [4.78, 5) is 17.8. The van der Waals surface area contributed by atoms with Crippen LogP contribution in [0.15, 0.2) is 54.9 Å². The van der Waals surface area contributed by atoms with E-state index in [2.05, 4.69) is 4.98 Å². The van der Waals surface area contributed by atoms with E-state index in [0.717, 1.165) is 5.56 Å². The summed E-state index contributed by atoms with van der Waals surface area (Å²) < 4.78 is 5.55. The van der Waals surface area contributed by atoms with Crippen LogP contribution in [0.1, 0.15) is 25.0 Å². The third-order valence-corrected chi connectivity index (χ3v) is 4.62. The van der Waals surface area contributed by atoms with Crippen LogP contribution in [0.5, 0.6) is 0 Å². The second kappa shape index (κ2) is 5.66. The summed E-state index contributed by atoms with van der Waals surface area (Å²) in [6, 6.07) is 13.4. The summed E-state index contributed by atoms with van der Waals surface area (Å²) in [6.07, 6.45) is 3.39. The summed E-state index contributed by atoms with van der Waals surface area (Å²) in [5, 5.41) is 11.0. The Kier molecular flexibility index (Phi) is 3.82. The van der Waals surface area contributed by atoms with Crippen LogP contribution < -0.4 is 0 Å². The van der Waals surface area contributed by atoms with Gasteiger partial charge in [0.15, 0.2) is 11.3 Å². The van der Waals surface area contributed by atoms with Gasteiger partial charge in [-0.3, -0.25) is 9.88 Å². The van der Waals surface area contributed by atoms with E-state index in [1.807, 2.05) is 30.3 Å². The fourth-order valence-electron chi connectivity index (χ4n) is 2.93. The second-order valence-corrected chi connectivity index (χ2v) is 6.05. The topological polar surface area (TPSA) is 62.7 Å². The number of aromatic nitrogens is 1. The number of carbonyl (C=O) groups excluding carboxylic acids is 1. The predicted molar refractivity (Wildman–Crippen MR) is 85.5 cm³/mol. The van der Waals surface area contributed by atoms with Gasteiger partial charge >= 0.3 is 6.09 Å². The van der Waals surface area contributed by atoms with Gasteiger partial charge in [0.25, 0.3) is 0 Å². The molecule has 120 valence electrons. The van der Waals surface area contributed by atoms with Crippen molar-refractivity contribution in [2.75, 3.05) is 6.54 Å². The molecule has 1 fully saturated rings. The van der Waals surface area contributed by atoms with Gasteiger partial charge in [0.2, 0.25) is 0 Å². The molecule has 2 atom stereocenters. The number of cyclic esters (lactones) is 1. The largest absolute Gasteiger partial charge is 0.433 e. The molecular weight excluding hydrogens is 292 g/mol. The van der Waals surface area contributed by atoms with E-state index in [0.29, 0.717) is 18.5 Å². The molecule has 23 heavy (non-hydrogen) atoms. The van der Waals surface area contributed by atoms with Gasteiger partial charge in [0.05, 0.1) is 0 Å². The SMILES string of the molecule is C[C@]1(O)N(CCc2ccccc2)C(=O)O[C@]1(C)c1cccnc1. The molecule has 0 radical (unpaired) electrons. The van der Waals surface area contributed by atoms with Crippen LogP contribution >= 0.6 is 0 Å². The highest BCUT2D eigenvalue weighted by Gasteiger charge is 2.60. The van der Waals surface area contributed by atoms with Gasteiger partial charge in [-0.1, -0.05) is 36.4 Å². The second-order valence-electron chi connectivity index (χ2n) is 6.05. The van der Waals surface area contributed by atoms with Crippen LogP contribution in [0.2, 0.25) is 0 Å². The summed E-state index contributed by atoms with van der Waals surface area (Å²) in [6.45, 7) is 3.70. The highest BCUT2D eigenvalue weighted by Crippen LogP contribution is 2.44. The number of benzene rings is 1. The highest BCUT2D eigenvalue weighted by molar-refractivity contribution is 5.72. The third kappa shape index (κ3) is 2.57. The number of pyridine rings is 1. The smallest absolute Gasteiger partial charge is 0.413 e. The Hall–Kier alpha value is -2.40. The molecule has 1 aliphatic rings. The lowest BCUT2D eigenvalue weighted by Crippen LogP contribution is -2.53. The van der Waals surface area contributed by atoms with Crippen molar-refractivity contribution >= 4 is 6.09 Å². The van der Waals surface area contributed by atoms with Crippen LogP contribution in [0, 0.1) is 0 Å². The number of carbonyl (C=O) groups is 1. The van der Waals surface area contributed by atoms with Crippen molar-refractivity contribution in [2.24, 2.45) is 0 Å². The van der Waals surface area contributed by atoms with Crippen molar-refractivity contribution in [2.45, 2.75) is 31.6 Å². The Morgan fingerprint density at radius 2 is 1.91 bits per heavy atom. The van der Waals surface area contributed by atoms with Gasteiger partial charge in [-0.05, 0) is 31.9 Å². The summed E-state index contributed by atoms with van der Waals surface area (Å²) in [7, 11) is 0. The zero-order chi connectivity index (χ0) is 16.5. The zero-order valence-electron chi connectivity index (χ0n) is 13.3. The molecule has 2 aromatic rings. The maximum atomic E-state index is 12.3. The van der Waals surface area contributed by atoms with E-state index in [9.17, 15) is 9.90 Å². The van der Waals surface area contributed by atoms with Crippen LogP contribution in [0.4, 0.5) is 4.79 Å². The highest BCUT2D eigenvalue weighted by atomic mass is 16.6. The maximum absolute atomic E-state index is 12.3. The number of amides is 1. The Bertz CT molecular complexity index is 688. The van der Waals surface area contributed by atoms with E-state index in [1.165, 1.54) is 4.90 Å². The zero-order valence-corrected chi connectivity index (χ0v) is 13.3. The Balaban J connectivity index is 1.84. The molecule has 1 aromatic heterocycles. The van der Waals surface area contributed by atoms with Crippen LogP contribution in [-0.2, 0) is 16.8 Å². The molecule has 1 amide bonds. The first kappa shape index (κ1) is 15.5. The minimum absolute atomic E-state index is 0.381. The number of ether oxygens (including phenoxy) is 1. The molecule has 1 aliphatic heterocycles. The summed E-state index contributed by atoms with van der Waals surface area (Å²) in [5.41, 5.74) is -0.844. The standard InChI is InChI=1S/C18H20N2O3/c1-17(15-9-6-11-19-13-15)18(2,22)20(16(21)23-17)12-10-14-7-4-3-5-8-14/h3-9,11,13,22H,10,12H2,1-2H3/t17-,18-/m1/s1. The Morgan fingerprint density at radius 1 is 1.17 bits per heavy atom. The maximum Gasteiger partial charge on any atom is 0.413 e. The molecule has 0 bridgehead atoms. The lowest BCUT2D eigenvalue weighted by Gasteiger charge is -2.37. The molecule has 3 rings (SSSR count). The molecule has 1 saturated heterocycles. The van der Waals surface area contributed by atoms with Crippen LogP contribution in [0.3, 0.4) is 0 Å². The fourth-order valence-corrected chi connectivity index (χ4v) is 2.93. The van der Waals surface area contributed by atoms with Crippen molar-refractivity contribution < 1.29 is 14.6 Å².